The number of allylic oxidation sites excluding steroid dienone is 3. The molecule has 0 aliphatic carbocycles. The van der Waals surface area contributed by atoms with Gasteiger partial charge >= 0.3 is 5.97 Å². The van der Waals surface area contributed by atoms with E-state index >= 15 is 0 Å². The molecule has 11 nitrogen and oxygen atoms in total. The van der Waals surface area contributed by atoms with E-state index in [2.05, 4.69) is 51.0 Å². The smallest absolute Gasteiger partial charge is 0.331 e. The molecule has 302 valence electrons. The van der Waals surface area contributed by atoms with Gasteiger partial charge in [-0.2, -0.15) is 0 Å². The summed E-state index contributed by atoms with van der Waals surface area (Å²) in [5.41, 5.74) is 3.42. The van der Waals surface area contributed by atoms with E-state index in [1.165, 1.54) is 31.1 Å². The molecule has 58 heavy (non-hydrogen) atoms. The highest BCUT2D eigenvalue weighted by atomic mass is 16.5. The van der Waals surface area contributed by atoms with Crippen molar-refractivity contribution in [2.24, 2.45) is 0 Å². The fourth-order valence-electron chi connectivity index (χ4n) is 5.94. The number of amides is 1. The zero-order valence-corrected chi connectivity index (χ0v) is 33.4. The van der Waals surface area contributed by atoms with Crippen LogP contribution in [0.2, 0.25) is 0 Å². The summed E-state index contributed by atoms with van der Waals surface area (Å²) >= 11 is 0. The van der Waals surface area contributed by atoms with Crippen LogP contribution in [0.1, 0.15) is 43.0 Å². The van der Waals surface area contributed by atoms with Gasteiger partial charge in [0.25, 0.3) is 5.91 Å². The number of carbonyl (C=O) groups is 2. The number of ether oxygens (including phenoxy) is 7. The molecule has 0 N–H and O–H groups in total. The van der Waals surface area contributed by atoms with E-state index in [0.29, 0.717) is 88.9 Å². The molecule has 4 rings (SSSR count). The van der Waals surface area contributed by atoms with Gasteiger partial charge < -0.3 is 43.0 Å². The molecule has 1 atom stereocenters. The molecule has 1 unspecified atom stereocenters. The topological polar surface area (TPSA) is 105 Å². The number of esters is 1. The molecule has 1 fully saturated rings. The van der Waals surface area contributed by atoms with Crippen molar-refractivity contribution in [2.75, 3.05) is 26.2 Å². The van der Waals surface area contributed by atoms with Crippen LogP contribution in [0.25, 0.3) is 18.2 Å². The van der Waals surface area contributed by atoms with Crippen LogP contribution < -0.4 is 28.4 Å². The second kappa shape index (κ2) is 21.2. The average Bonchev–Trinajstić information content (AvgIpc) is 3.18. The van der Waals surface area contributed by atoms with Gasteiger partial charge in [-0.15, -0.1) is 0 Å². The minimum Gasteiger partial charge on any atom is -0.462 e. The van der Waals surface area contributed by atoms with Crippen LogP contribution in [-0.2, 0) is 20.7 Å². The number of nitrogens with zero attached hydrogens (tertiary/aromatic N) is 2. The summed E-state index contributed by atoms with van der Waals surface area (Å²) in [6.07, 6.45) is 10.4. The standard InChI is InChI=1S/C47H50N2O9/c1-11-52-39-21-16-35(29-42(39)54-13-3)15-20-38-37(18-23-41(53-12-2)46(38)55-14-4)19-24-45(50)58-44(47(51)49-27-25-48(26-28-49)32(5)6)31-36-17-22-40(56-33(7)8)43(30-36)57-34(9)10/h11-24,29-30,44H,1-5,7,9,25-28,31H2,6,8,10H3/b20-15+,24-19+. The summed E-state index contributed by atoms with van der Waals surface area (Å²) in [6, 6.07) is 13.9. The lowest BCUT2D eigenvalue weighted by atomic mass is 10.0. The van der Waals surface area contributed by atoms with Gasteiger partial charge in [-0.1, -0.05) is 70.3 Å². The van der Waals surface area contributed by atoms with E-state index in [9.17, 15) is 9.59 Å². The molecule has 3 aromatic carbocycles. The van der Waals surface area contributed by atoms with Gasteiger partial charge in [0, 0.05) is 49.9 Å². The van der Waals surface area contributed by atoms with Gasteiger partial charge in [-0.05, 0) is 79.9 Å². The summed E-state index contributed by atoms with van der Waals surface area (Å²) < 4.78 is 40.0. The predicted octanol–water partition coefficient (Wildman–Crippen LogP) is 9.62. The Bertz CT molecular complexity index is 2120. The molecule has 0 saturated carbocycles. The number of hydrogen-bond acceptors (Lipinski definition) is 10. The third-order valence-electron chi connectivity index (χ3n) is 8.50. The van der Waals surface area contributed by atoms with Crippen molar-refractivity contribution >= 4 is 30.1 Å². The lowest BCUT2D eigenvalue weighted by Crippen LogP contribution is -2.51. The Hall–Kier alpha value is -7.14. The van der Waals surface area contributed by atoms with Crippen LogP contribution in [0.3, 0.4) is 0 Å². The SMILES string of the molecule is C=COc1ccc(/C=C/c2c(/C=C/C(=O)OC(Cc3ccc(OC(=C)C)c(OC(=C)C)c3)C(=O)N3CCN(C(=C)C)CC3)ccc(OC=C)c2OC=C)cc1OC=C. The number of carbonyl (C=O) groups excluding carboxylic acids is 2. The summed E-state index contributed by atoms with van der Waals surface area (Å²) in [5.74, 6) is 2.18. The van der Waals surface area contributed by atoms with Crippen LogP contribution in [0.5, 0.6) is 34.5 Å². The Kier molecular flexibility index (Phi) is 16.0. The van der Waals surface area contributed by atoms with E-state index < -0.39 is 12.1 Å². The molecule has 3 aromatic rings. The Morgan fingerprint density at radius 1 is 0.655 bits per heavy atom. The monoisotopic (exact) mass is 786 g/mol. The van der Waals surface area contributed by atoms with E-state index in [1.807, 2.05) is 19.1 Å². The first-order valence-corrected chi connectivity index (χ1v) is 18.3. The quantitative estimate of drug-likeness (QED) is 0.0449. The highest BCUT2D eigenvalue weighted by Gasteiger charge is 2.30. The second-order valence-corrected chi connectivity index (χ2v) is 13.0. The summed E-state index contributed by atoms with van der Waals surface area (Å²) in [4.78, 5) is 31.6. The largest absolute Gasteiger partial charge is 0.462 e. The van der Waals surface area contributed by atoms with Crippen LogP contribution >= 0.6 is 0 Å². The van der Waals surface area contributed by atoms with E-state index in [4.69, 9.17) is 33.2 Å². The predicted molar refractivity (Wildman–Crippen MR) is 228 cm³/mol. The molecular weight excluding hydrogens is 737 g/mol. The second-order valence-electron chi connectivity index (χ2n) is 13.0. The van der Waals surface area contributed by atoms with Crippen LogP contribution in [0.15, 0.2) is 143 Å². The van der Waals surface area contributed by atoms with Crippen molar-refractivity contribution < 1.29 is 42.7 Å². The molecule has 1 aliphatic heterocycles. The highest BCUT2D eigenvalue weighted by Crippen LogP contribution is 2.37. The van der Waals surface area contributed by atoms with Crippen LogP contribution in [0.4, 0.5) is 0 Å². The summed E-state index contributed by atoms with van der Waals surface area (Å²) in [5, 5.41) is 0. The van der Waals surface area contributed by atoms with Gasteiger partial charge in [0.1, 0.15) is 0 Å². The molecule has 0 spiro atoms. The van der Waals surface area contributed by atoms with Crippen molar-refractivity contribution in [3.05, 3.63) is 165 Å². The summed E-state index contributed by atoms with van der Waals surface area (Å²) in [7, 11) is 0. The van der Waals surface area contributed by atoms with Gasteiger partial charge in [0.05, 0.1) is 36.6 Å². The van der Waals surface area contributed by atoms with Gasteiger partial charge in [-0.25, -0.2) is 4.79 Å². The molecule has 1 amide bonds. The maximum absolute atomic E-state index is 14.1. The molecule has 1 aliphatic rings. The highest BCUT2D eigenvalue weighted by molar-refractivity contribution is 5.92. The van der Waals surface area contributed by atoms with E-state index in [0.717, 1.165) is 11.3 Å². The van der Waals surface area contributed by atoms with E-state index in [1.54, 1.807) is 73.4 Å². The molecule has 0 aromatic heterocycles. The fourth-order valence-corrected chi connectivity index (χ4v) is 5.94. The number of rotatable bonds is 21. The molecule has 1 heterocycles. The first-order valence-electron chi connectivity index (χ1n) is 18.3. The average molecular weight is 787 g/mol. The fraction of sp³-hybridized carbons (Fsp3) is 0.191. The first-order chi connectivity index (χ1) is 27.9. The van der Waals surface area contributed by atoms with Crippen molar-refractivity contribution in [1.82, 2.24) is 9.80 Å². The molecule has 11 heteroatoms. The minimum atomic E-state index is -1.17. The summed E-state index contributed by atoms with van der Waals surface area (Å²) in [6.45, 7) is 33.8. The number of piperazine rings is 1. The van der Waals surface area contributed by atoms with Gasteiger partial charge in [0.2, 0.25) is 0 Å². The Labute approximate surface area is 341 Å². The maximum Gasteiger partial charge on any atom is 0.331 e. The normalized spacial score (nSPS) is 12.9. The third-order valence-corrected chi connectivity index (χ3v) is 8.50. The van der Waals surface area contributed by atoms with Crippen molar-refractivity contribution in [1.29, 1.82) is 0 Å². The van der Waals surface area contributed by atoms with Gasteiger partial charge in [-0.3, -0.25) is 4.79 Å². The lowest BCUT2D eigenvalue weighted by Gasteiger charge is -2.37. The van der Waals surface area contributed by atoms with Crippen molar-refractivity contribution in [2.45, 2.75) is 33.3 Å². The van der Waals surface area contributed by atoms with Crippen LogP contribution in [-0.4, -0.2) is 54.0 Å². The zero-order chi connectivity index (χ0) is 42.2. The Morgan fingerprint density at radius 3 is 1.88 bits per heavy atom. The molecule has 1 saturated heterocycles. The van der Waals surface area contributed by atoms with Gasteiger partial charge in [0.15, 0.2) is 40.6 Å². The first kappa shape index (κ1) is 43.6. The Morgan fingerprint density at radius 2 is 1.24 bits per heavy atom. The van der Waals surface area contributed by atoms with Crippen molar-refractivity contribution in [3.63, 3.8) is 0 Å². The van der Waals surface area contributed by atoms with Crippen molar-refractivity contribution in [3.8, 4) is 34.5 Å². The minimum absolute atomic E-state index is 0.0616. The zero-order valence-electron chi connectivity index (χ0n) is 33.4. The maximum atomic E-state index is 14.1. The Balaban J connectivity index is 1.69. The number of benzene rings is 3. The third kappa shape index (κ3) is 12.2. The lowest BCUT2D eigenvalue weighted by molar-refractivity contribution is -0.157. The number of hydrogen-bond donors (Lipinski definition) is 0. The molecule has 0 radical (unpaired) electrons. The molecule has 0 bridgehead atoms. The van der Waals surface area contributed by atoms with E-state index in [-0.39, 0.29) is 12.3 Å². The van der Waals surface area contributed by atoms with Crippen LogP contribution in [0, 0.1) is 0 Å². The molecular formula is C47H50N2O9.